The van der Waals surface area contributed by atoms with E-state index in [1.165, 1.54) is 25.7 Å². The Bertz CT molecular complexity index is 396. The SMILES string of the molecule is Cl.Cn1c(SCCCCCCO)nnc1C1CCCNC1. The second kappa shape index (κ2) is 10.4. The van der Waals surface area contributed by atoms with E-state index in [1.54, 1.807) is 11.8 Å². The number of halogens is 1. The molecule has 0 saturated carbocycles. The van der Waals surface area contributed by atoms with Crippen LogP contribution in [-0.2, 0) is 7.05 Å². The van der Waals surface area contributed by atoms with E-state index in [-0.39, 0.29) is 12.4 Å². The van der Waals surface area contributed by atoms with Crippen LogP contribution < -0.4 is 5.32 Å². The Labute approximate surface area is 137 Å². The molecule has 1 aliphatic rings. The maximum Gasteiger partial charge on any atom is 0.190 e. The Morgan fingerprint density at radius 3 is 2.81 bits per heavy atom. The van der Waals surface area contributed by atoms with Crippen LogP contribution in [-0.4, -0.2) is 45.3 Å². The number of nitrogens with one attached hydrogen (secondary N) is 1. The minimum Gasteiger partial charge on any atom is -0.396 e. The third kappa shape index (κ3) is 5.77. The molecule has 1 saturated heterocycles. The zero-order valence-electron chi connectivity index (χ0n) is 12.8. The summed E-state index contributed by atoms with van der Waals surface area (Å²) in [4.78, 5) is 0. The van der Waals surface area contributed by atoms with E-state index in [9.17, 15) is 0 Å². The van der Waals surface area contributed by atoms with E-state index in [0.717, 1.165) is 42.7 Å². The van der Waals surface area contributed by atoms with Crippen molar-refractivity contribution in [2.75, 3.05) is 25.4 Å². The van der Waals surface area contributed by atoms with E-state index < -0.39 is 0 Å². The first kappa shape index (κ1) is 18.7. The van der Waals surface area contributed by atoms with Crippen molar-refractivity contribution in [1.82, 2.24) is 20.1 Å². The van der Waals surface area contributed by atoms with Gasteiger partial charge in [0.05, 0.1) is 0 Å². The summed E-state index contributed by atoms with van der Waals surface area (Å²) >= 11 is 1.80. The molecule has 5 nitrogen and oxygen atoms in total. The number of aliphatic hydroxyl groups is 1. The fraction of sp³-hybridized carbons (Fsp3) is 0.857. The number of aliphatic hydroxyl groups excluding tert-OH is 1. The van der Waals surface area contributed by atoms with E-state index >= 15 is 0 Å². The van der Waals surface area contributed by atoms with Crippen LogP contribution in [0.3, 0.4) is 0 Å². The quantitative estimate of drug-likeness (QED) is 0.564. The van der Waals surface area contributed by atoms with Gasteiger partial charge in [0.2, 0.25) is 0 Å². The van der Waals surface area contributed by atoms with Gasteiger partial charge in [-0.25, -0.2) is 0 Å². The second-order valence-electron chi connectivity index (χ2n) is 5.43. The lowest BCUT2D eigenvalue weighted by Crippen LogP contribution is -2.29. The molecule has 7 heteroatoms. The maximum absolute atomic E-state index is 8.73. The zero-order valence-corrected chi connectivity index (χ0v) is 14.4. The Morgan fingerprint density at radius 1 is 1.29 bits per heavy atom. The smallest absolute Gasteiger partial charge is 0.190 e. The van der Waals surface area contributed by atoms with Crippen molar-refractivity contribution in [2.45, 2.75) is 49.6 Å². The number of thioether (sulfide) groups is 1. The Morgan fingerprint density at radius 2 is 2.10 bits per heavy atom. The average molecular weight is 335 g/mol. The summed E-state index contributed by atoms with van der Waals surface area (Å²) in [6.07, 6.45) is 6.85. The fourth-order valence-corrected chi connectivity index (χ4v) is 3.53. The monoisotopic (exact) mass is 334 g/mol. The summed E-state index contributed by atoms with van der Waals surface area (Å²) in [6.45, 7) is 2.47. The molecule has 1 aromatic heterocycles. The van der Waals surface area contributed by atoms with Crippen molar-refractivity contribution in [3.8, 4) is 0 Å². The predicted molar refractivity (Wildman–Crippen MR) is 89.4 cm³/mol. The molecule has 1 aliphatic heterocycles. The van der Waals surface area contributed by atoms with Gasteiger partial charge >= 0.3 is 0 Å². The van der Waals surface area contributed by atoms with Crippen molar-refractivity contribution in [3.05, 3.63) is 5.82 Å². The fourth-order valence-electron chi connectivity index (χ4n) is 2.61. The van der Waals surface area contributed by atoms with E-state index in [2.05, 4.69) is 27.1 Å². The average Bonchev–Trinajstić information content (AvgIpc) is 2.85. The van der Waals surface area contributed by atoms with Crippen LogP contribution in [0, 0.1) is 0 Å². The molecular weight excluding hydrogens is 308 g/mol. The number of hydrogen-bond donors (Lipinski definition) is 2. The van der Waals surface area contributed by atoms with E-state index in [0.29, 0.717) is 12.5 Å². The van der Waals surface area contributed by atoms with Gasteiger partial charge in [0.15, 0.2) is 5.16 Å². The molecule has 0 aromatic carbocycles. The first-order valence-electron chi connectivity index (χ1n) is 7.66. The van der Waals surface area contributed by atoms with Gasteiger partial charge < -0.3 is 15.0 Å². The Kier molecular flexibility index (Phi) is 9.31. The third-order valence-corrected chi connectivity index (χ3v) is 4.92. The normalized spacial score (nSPS) is 18.5. The van der Waals surface area contributed by atoms with Gasteiger partial charge in [-0.3, -0.25) is 0 Å². The molecular formula is C14H27ClN4OS. The van der Waals surface area contributed by atoms with Crippen LogP contribution >= 0.6 is 24.2 Å². The zero-order chi connectivity index (χ0) is 14.2. The van der Waals surface area contributed by atoms with Gasteiger partial charge in [-0.2, -0.15) is 0 Å². The van der Waals surface area contributed by atoms with Crippen LogP contribution in [0.15, 0.2) is 5.16 Å². The first-order valence-corrected chi connectivity index (χ1v) is 8.65. The van der Waals surface area contributed by atoms with Crippen molar-refractivity contribution >= 4 is 24.2 Å². The highest BCUT2D eigenvalue weighted by atomic mass is 35.5. The van der Waals surface area contributed by atoms with Crippen LogP contribution in [0.25, 0.3) is 0 Å². The van der Waals surface area contributed by atoms with E-state index in [1.807, 2.05) is 0 Å². The molecule has 0 amide bonds. The number of hydrogen-bond acceptors (Lipinski definition) is 5. The molecule has 2 N–H and O–H groups in total. The topological polar surface area (TPSA) is 63.0 Å². The van der Waals surface area contributed by atoms with Gasteiger partial charge in [-0.05, 0) is 32.2 Å². The highest BCUT2D eigenvalue weighted by Crippen LogP contribution is 2.25. The van der Waals surface area contributed by atoms with Gasteiger partial charge in [-0.1, -0.05) is 24.6 Å². The molecule has 2 heterocycles. The van der Waals surface area contributed by atoms with Gasteiger partial charge in [0.25, 0.3) is 0 Å². The molecule has 1 fully saturated rings. The lowest BCUT2D eigenvalue weighted by molar-refractivity contribution is 0.283. The van der Waals surface area contributed by atoms with Crippen LogP contribution in [0.4, 0.5) is 0 Å². The van der Waals surface area contributed by atoms with Gasteiger partial charge in [0, 0.05) is 31.9 Å². The number of aromatic nitrogens is 3. The summed E-state index contributed by atoms with van der Waals surface area (Å²) in [6, 6.07) is 0. The van der Waals surface area contributed by atoms with Gasteiger partial charge in [0.1, 0.15) is 5.82 Å². The summed E-state index contributed by atoms with van der Waals surface area (Å²) in [5.74, 6) is 2.72. The third-order valence-electron chi connectivity index (χ3n) is 3.81. The number of nitrogens with zero attached hydrogens (tertiary/aromatic N) is 3. The summed E-state index contributed by atoms with van der Waals surface area (Å²) in [5.41, 5.74) is 0. The molecule has 0 aliphatic carbocycles. The highest BCUT2D eigenvalue weighted by Gasteiger charge is 2.21. The minimum absolute atomic E-state index is 0. The maximum atomic E-state index is 8.73. The summed E-state index contributed by atoms with van der Waals surface area (Å²) in [5, 5.41) is 21.9. The van der Waals surface area contributed by atoms with Crippen LogP contribution in [0.1, 0.15) is 50.3 Å². The van der Waals surface area contributed by atoms with Crippen molar-refractivity contribution in [3.63, 3.8) is 0 Å². The van der Waals surface area contributed by atoms with Crippen LogP contribution in [0.2, 0.25) is 0 Å². The van der Waals surface area contributed by atoms with E-state index in [4.69, 9.17) is 5.11 Å². The van der Waals surface area contributed by atoms with Crippen molar-refractivity contribution in [1.29, 1.82) is 0 Å². The number of unbranched alkanes of at least 4 members (excludes halogenated alkanes) is 3. The number of rotatable bonds is 8. The first-order chi connectivity index (χ1) is 9.83. The van der Waals surface area contributed by atoms with Crippen molar-refractivity contribution < 1.29 is 5.11 Å². The molecule has 0 radical (unpaired) electrons. The largest absolute Gasteiger partial charge is 0.396 e. The molecule has 1 unspecified atom stereocenters. The lowest BCUT2D eigenvalue weighted by atomic mass is 9.99. The van der Waals surface area contributed by atoms with Gasteiger partial charge in [-0.15, -0.1) is 22.6 Å². The minimum atomic E-state index is 0. The molecule has 122 valence electrons. The molecule has 21 heavy (non-hydrogen) atoms. The molecule has 2 rings (SSSR count). The summed E-state index contributed by atoms with van der Waals surface area (Å²) in [7, 11) is 2.08. The molecule has 0 spiro atoms. The standard InChI is InChI=1S/C14H26N4OS.ClH/c1-18-13(12-7-6-8-15-11-12)16-17-14(18)20-10-5-3-2-4-9-19;/h12,15,19H,2-11H2,1H3;1H. The van der Waals surface area contributed by atoms with Crippen LogP contribution in [0.5, 0.6) is 0 Å². The summed E-state index contributed by atoms with van der Waals surface area (Å²) < 4.78 is 2.16. The predicted octanol–water partition coefficient (Wildman–Crippen LogP) is 2.35. The molecule has 1 aromatic rings. The number of piperidine rings is 1. The second-order valence-corrected chi connectivity index (χ2v) is 6.49. The highest BCUT2D eigenvalue weighted by molar-refractivity contribution is 7.99. The Hall–Kier alpha value is -0.300. The lowest BCUT2D eigenvalue weighted by Gasteiger charge is -2.21. The molecule has 1 atom stereocenters. The Balaban J connectivity index is 0.00000220. The molecule has 0 bridgehead atoms. The van der Waals surface area contributed by atoms with Crippen molar-refractivity contribution in [2.24, 2.45) is 7.05 Å².